The van der Waals surface area contributed by atoms with E-state index in [1.807, 2.05) is 101 Å². The maximum Gasteiger partial charge on any atom is 0.320 e. The van der Waals surface area contributed by atoms with Gasteiger partial charge in [-0.2, -0.15) is 0 Å². The third-order valence-electron chi connectivity index (χ3n) is 17.9. The van der Waals surface area contributed by atoms with Crippen LogP contribution in [0, 0.1) is 71.7 Å². The van der Waals surface area contributed by atoms with Gasteiger partial charge in [-0.15, -0.1) is 0 Å². The molecule has 7 aromatic rings. The molecule has 4 atom stereocenters. The van der Waals surface area contributed by atoms with Crippen molar-refractivity contribution in [3.05, 3.63) is 259 Å². The number of esters is 2. The number of hydrogen-bond acceptors (Lipinski definition) is 10. The van der Waals surface area contributed by atoms with Gasteiger partial charge in [0.2, 0.25) is 0 Å². The van der Waals surface area contributed by atoms with E-state index in [0.29, 0.717) is 83.0 Å². The molecule has 0 bridgehead atoms. The summed E-state index contributed by atoms with van der Waals surface area (Å²) >= 11 is 0. The van der Waals surface area contributed by atoms with Gasteiger partial charge in [-0.25, -0.2) is 23.0 Å². The van der Waals surface area contributed by atoms with E-state index in [4.69, 9.17) is 9.47 Å². The number of aliphatic carboxylic acids is 1. The van der Waals surface area contributed by atoms with E-state index < -0.39 is 33.5 Å². The number of halogens is 4. The molecule has 0 saturated heterocycles. The van der Waals surface area contributed by atoms with Gasteiger partial charge in [0, 0.05) is 35.7 Å². The largest absolute Gasteiger partial charge is 0.480 e. The number of aryl methyl sites for hydroxylation is 3. The highest BCUT2D eigenvalue weighted by Gasteiger charge is 2.47. The third kappa shape index (κ3) is 13.3. The fraction of sp³-hybridized carbons (Fsp3) is 0.301. The number of hydrogen-bond donors (Lipinski definition) is 3. The lowest BCUT2D eigenvalue weighted by Gasteiger charge is -2.27. The van der Waals surface area contributed by atoms with Crippen LogP contribution < -0.4 is 5.48 Å². The first-order valence-corrected chi connectivity index (χ1v) is 29.4. The standard InChI is InChI=1S/C20H20FNO2.C19H19FN2O2.C19H18FNO2.C15H17FO2/c1-13-7-8-16(12-22-13)15-9-10-20(11-15,19(23)24-3)17-5-4-6-18(21)14(17)2;1-12-6-7-15(11-21-12)14-8-9-19(10-14,18(23)22-24)16-4-3-5-17(20)13(16)2;1-12-6-7-15(11-21-12)14-8-9-19(10-14,18(22)23)16-4-3-5-17(20)13(16)2;1-10-7-8-15(9-10,14(17)18-3)12-5-4-6-13(16)11(12)2/h4-8,11-12H,9-10H2,1-3H3;3-7,10-11,24H,8-9H2,1-2H3,(H,22,23);3-7,10-11H,8-9H2,1-2H3,(H,22,23);4-6,9H,7-8H2,1-3H3/t20-;2*19-;15-/m0000/s1. The van der Waals surface area contributed by atoms with E-state index in [-0.39, 0.29) is 35.2 Å². The zero-order chi connectivity index (χ0) is 64.6. The van der Waals surface area contributed by atoms with Gasteiger partial charge in [0.05, 0.1) is 19.6 Å². The summed E-state index contributed by atoms with van der Waals surface area (Å²) < 4.78 is 65.7. The second-order valence-corrected chi connectivity index (χ2v) is 23.3. The summed E-state index contributed by atoms with van der Waals surface area (Å²) in [5.41, 5.74) is 11.8. The molecule has 16 heteroatoms. The zero-order valence-electron chi connectivity index (χ0n) is 51.8. The van der Waals surface area contributed by atoms with Crippen molar-refractivity contribution >= 4 is 40.5 Å². The molecule has 0 unspecified atom stereocenters. The average molecular weight is 1210 g/mol. The molecule has 0 fully saturated rings. The van der Waals surface area contributed by atoms with E-state index in [1.54, 1.807) is 88.0 Å². The quantitative estimate of drug-likeness (QED) is 0.0369. The smallest absolute Gasteiger partial charge is 0.320 e. The molecule has 1 amide bonds. The Labute approximate surface area is 517 Å². The minimum absolute atomic E-state index is 0.284. The van der Waals surface area contributed by atoms with Crippen molar-refractivity contribution in [2.45, 2.75) is 128 Å². The molecule has 3 heterocycles. The minimum Gasteiger partial charge on any atom is -0.480 e. The number of rotatable bonds is 11. The summed E-state index contributed by atoms with van der Waals surface area (Å²) in [4.78, 5) is 62.2. The number of pyridine rings is 3. The number of carboxylic acid groups (broad SMARTS) is 1. The topological polar surface area (TPSA) is 178 Å². The molecular formula is C73H74F4N4O8. The first kappa shape index (κ1) is 65.8. The van der Waals surface area contributed by atoms with Gasteiger partial charge >= 0.3 is 17.9 Å². The number of nitrogens with one attached hydrogen (secondary N) is 1. The van der Waals surface area contributed by atoms with Crippen LogP contribution in [0.25, 0.3) is 16.7 Å². The number of ether oxygens (including phenoxy) is 2. The second kappa shape index (κ2) is 27.5. The molecule has 0 spiro atoms. The molecule has 0 aliphatic heterocycles. The molecular weight excluding hydrogens is 1140 g/mol. The van der Waals surface area contributed by atoms with Gasteiger partial charge < -0.3 is 14.6 Å². The fourth-order valence-electron chi connectivity index (χ4n) is 12.7. The number of hydroxylamine groups is 1. The number of methoxy groups -OCH3 is 2. The Balaban J connectivity index is 0.000000154. The Morgan fingerprint density at radius 1 is 0.427 bits per heavy atom. The molecule has 4 aliphatic carbocycles. The van der Waals surface area contributed by atoms with Gasteiger partial charge in [-0.1, -0.05) is 96.6 Å². The number of carbonyl (C=O) groups is 4. The molecule has 0 saturated carbocycles. The normalized spacial score (nSPS) is 20.6. The monoisotopic (exact) mass is 1210 g/mol. The lowest BCUT2D eigenvalue weighted by atomic mass is 9.77. The van der Waals surface area contributed by atoms with Crippen molar-refractivity contribution in [1.29, 1.82) is 0 Å². The van der Waals surface area contributed by atoms with Gasteiger partial charge in [0.15, 0.2) is 0 Å². The number of benzene rings is 4. The highest BCUT2D eigenvalue weighted by molar-refractivity contribution is 5.95. The van der Waals surface area contributed by atoms with Crippen molar-refractivity contribution in [2.24, 2.45) is 0 Å². The van der Waals surface area contributed by atoms with Crippen molar-refractivity contribution in [1.82, 2.24) is 20.4 Å². The highest BCUT2D eigenvalue weighted by Crippen LogP contribution is 2.48. The summed E-state index contributed by atoms with van der Waals surface area (Å²) in [5, 5.41) is 19.1. The van der Waals surface area contributed by atoms with E-state index in [1.165, 1.54) is 38.5 Å². The Morgan fingerprint density at radius 2 is 0.730 bits per heavy atom. The van der Waals surface area contributed by atoms with Crippen molar-refractivity contribution in [2.75, 3.05) is 14.2 Å². The summed E-state index contributed by atoms with van der Waals surface area (Å²) in [6, 6.07) is 30.7. The molecule has 4 aliphatic rings. The number of carbonyl (C=O) groups excluding carboxylic acids is 3. The molecule has 3 aromatic heterocycles. The van der Waals surface area contributed by atoms with Crippen LogP contribution >= 0.6 is 0 Å². The van der Waals surface area contributed by atoms with Crippen LogP contribution in [0.3, 0.4) is 0 Å². The maximum atomic E-state index is 14.1. The minimum atomic E-state index is -1.17. The highest BCUT2D eigenvalue weighted by atomic mass is 19.1. The molecule has 4 aromatic carbocycles. The summed E-state index contributed by atoms with van der Waals surface area (Å²) in [6.07, 6.45) is 17.7. The van der Waals surface area contributed by atoms with E-state index in [2.05, 4.69) is 15.0 Å². The summed E-state index contributed by atoms with van der Waals surface area (Å²) in [5.74, 6) is -3.49. The van der Waals surface area contributed by atoms with E-state index in [9.17, 15) is 47.1 Å². The number of amides is 1. The van der Waals surface area contributed by atoms with Crippen LogP contribution in [0.15, 0.2) is 158 Å². The lowest BCUT2D eigenvalue weighted by Crippen LogP contribution is -2.41. The summed E-state index contributed by atoms with van der Waals surface area (Å²) in [7, 11) is 2.75. The number of carboxylic acids is 1. The maximum absolute atomic E-state index is 14.1. The van der Waals surface area contributed by atoms with E-state index in [0.717, 1.165) is 68.9 Å². The number of allylic oxidation sites excluding steroid dienone is 4. The van der Waals surface area contributed by atoms with Crippen molar-refractivity contribution < 1.29 is 56.5 Å². The lowest BCUT2D eigenvalue weighted by molar-refractivity contribution is -0.146. The zero-order valence-corrected chi connectivity index (χ0v) is 51.8. The van der Waals surface area contributed by atoms with Gasteiger partial charge in [0.25, 0.3) is 5.91 Å². The SMILES string of the molecule is COC(=O)[C@]1(c2cccc(F)c2C)C=C(C)CC1.COC(=O)[C@]1(c2cccc(F)c2C)C=C(c2ccc(C)nc2)CC1.Cc1ccc(C2=C[C@](C(=O)NO)(c3cccc(F)c3C)CC2)cn1.Cc1ccc(C2=C[C@](C(=O)O)(c3cccc(F)c3C)CC2)cn1. The predicted octanol–water partition coefficient (Wildman–Crippen LogP) is 14.9. The third-order valence-corrected chi connectivity index (χ3v) is 17.9. The van der Waals surface area contributed by atoms with Crippen LogP contribution in [-0.4, -0.2) is 63.3 Å². The first-order valence-electron chi connectivity index (χ1n) is 29.4. The van der Waals surface area contributed by atoms with Gasteiger partial charge in [0.1, 0.15) is 39.5 Å². The molecule has 3 N–H and O–H groups in total. The van der Waals surface area contributed by atoms with Crippen molar-refractivity contribution in [3.63, 3.8) is 0 Å². The fourth-order valence-corrected chi connectivity index (χ4v) is 12.7. The van der Waals surface area contributed by atoms with Gasteiger partial charge in [-0.3, -0.25) is 39.3 Å². The Bertz CT molecular complexity index is 3820. The van der Waals surface area contributed by atoms with Crippen LogP contribution in [0.5, 0.6) is 0 Å². The first-order chi connectivity index (χ1) is 42.4. The molecule has 12 nitrogen and oxygen atoms in total. The Morgan fingerprint density at radius 3 is 1.04 bits per heavy atom. The van der Waals surface area contributed by atoms with Crippen LogP contribution in [0.2, 0.25) is 0 Å². The van der Waals surface area contributed by atoms with Crippen LogP contribution in [-0.2, 0) is 50.3 Å². The van der Waals surface area contributed by atoms with E-state index >= 15 is 0 Å². The molecule has 89 heavy (non-hydrogen) atoms. The van der Waals surface area contributed by atoms with Gasteiger partial charge in [-0.05, 0) is 227 Å². The molecule has 462 valence electrons. The van der Waals surface area contributed by atoms with Crippen molar-refractivity contribution in [3.8, 4) is 0 Å². The van der Waals surface area contributed by atoms with Crippen LogP contribution in [0.1, 0.15) is 137 Å². The Kier molecular flexibility index (Phi) is 20.3. The number of nitrogens with zero attached hydrogens (tertiary/aromatic N) is 3. The average Bonchev–Trinajstić information content (AvgIpc) is 1.80. The van der Waals surface area contributed by atoms with Crippen LogP contribution in [0.4, 0.5) is 17.6 Å². The molecule has 11 rings (SSSR count). The Hall–Kier alpha value is -9.15. The second-order valence-electron chi connectivity index (χ2n) is 23.3. The summed E-state index contributed by atoms with van der Waals surface area (Å²) in [6.45, 7) is 14.4. The number of aromatic nitrogens is 3. The molecule has 0 radical (unpaired) electrons. The predicted molar refractivity (Wildman–Crippen MR) is 334 cm³/mol.